The Morgan fingerprint density at radius 1 is 0.966 bits per heavy atom. The standard InChI is InChI=1S/C23H28N2O4/c1-4-29-23(28)21(14-18-8-6-5-7-9-18)25-22(27)15-20(24-17(3)26)19-12-10-16(2)11-13-19/h5-13,20-21H,4,14-15H2,1-3H3,(H,24,26)(H,25,27). The van der Waals surface area contributed by atoms with Crippen LogP contribution in [-0.2, 0) is 25.5 Å². The van der Waals surface area contributed by atoms with Crippen LogP contribution >= 0.6 is 0 Å². The molecule has 154 valence electrons. The van der Waals surface area contributed by atoms with Crippen molar-refractivity contribution < 1.29 is 19.1 Å². The molecule has 6 nitrogen and oxygen atoms in total. The van der Waals surface area contributed by atoms with Gasteiger partial charge in [-0.05, 0) is 25.0 Å². The van der Waals surface area contributed by atoms with Crippen molar-refractivity contribution in [3.63, 3.8) is 0 Å². The molecule has 29 heavy (non-hydrogen) atoms. The zero-order chi connectivity index (χ0) is 21.2. The predicted molar refractivity (Wildman–Crippen MR) is 111 cm³/mol. The number of rotatable bonds is 9. The van der Waals surface area contributed by atoms with Crippen LogP contribution in [0.2, 0.25) is 0 Å². The first-order valence-corrected chi connectivity index (χ1v) is 9.72. The smallest absolute Gasteiger partial charge is 0.328 e. The second-order valence-corrected chi connectivity index (χ2v) is 6.93. The van der Waals surface area contributed by atoms with Gasteiger partial charge in [-0.25, -0.2) is 4.79 Å². The molecule has 6 heteroatoms. The van der Waals surface area contributed by atoms with E-state index in [0.717, 1.165) is 16.7 Å². The van der Waals surface area contributed by atoms with Gasteiger partial charge >= 0.3 is 5.97 Å². The van der Waals surface area contributed by atoms with E-state index in [0.29, 0.717) is 6.42 Å². The summed E-state index contributed by atoms with van der Waals surface area (Å²) in [5, 5.41) is 5.58. The number of nitrogens with one attached hydrogen (secondary N) is 2. The van der Waals surface area contributed by atoms with Gasteiger partial charge in [-0.2, -0.15) is 0 Å². The van der Waals surface area contributed by atoms with Crippen molar-refractivity contribution in [2.75, 3.05) is 6.61 Å². The SMILES string of the molecule is CCOC(=O)C(Cc1ccccc1)NC(=O)CC(NC(C)=O)c1ccc(C)cc1. The van der Waals surface area contributed by atoms with Crippen molar-refractivity contribution >= 4 is 17.8 Å². The van der Waals surface area contributed by atoms with Crippen LogP contribution in [0.5, 0.6) is 0 Å². The van der Waals surface area contributed by atoms with Gasteiger partial charge in [-0.15, -0.1) is 0 Å². The van der Waals surface area contributed by atoms with Crippen LogP contribution < -0.4 is 10.6 Å². The summed E-state index contributed by atoms with van der Waals surface area (Å²) in [7, 11) is 0. The summed E-state index contributed by atoms with van der Waals surface area (Å²) in [5.74, 6) is -1.04. The maximum absolute atomic E-state index is 12.7. The summed E-state index contributed by atoms with van der Waals surface area (Å²) < 4.78 is 5.12. The van der Waals surface area contributed by atoms with E-state index >= 15 is 0 Å². The third-order valence-electron chi connectivity index (χ3n) is 4.44. The minimum atomic E-state index is -0.791. The van der Waals surface area contributed by atoms with Gasteiger partial charge in [-0.3, -0.25) is 9.59 Å². The molecular weight excluding hydrogens is 368 g/mol. The van der Waals surface area contributed by atoms with Gasteiger partial charge in [0.1, 0.15) is 6.04 Å². The number of amides is 2. The van der Waals surface area contributed by atoms with E-state index in [1.807, 2.05) is 61.5 Å². The molecule has 2 atom stereocenters. The van der Waals surface area contributed by atoms with Gasteiger partial charge < -0.3 is 15.4 Å². The summed E-state index contributed by atoms with van der Waals surface area (Å²) in [4.78, 5) is 36.7. The Hall–Kier alpha value is -3.15. The van der Waals surface area contributed by atoms with Crippen molar-refractivity contribution in [2.45, 2.75) is 45.7 Å². The molecule has 2 N–H and O–H groups in total. The van der Waals surface area contributed by atoms with Crippen LogP contribution in [-0.4, -0.2) is 30.4 Å². The molecule has 2 unspecified atom stereocenters. The second-order valence-electron chi connectivity index (χ2n) is 6.93. The van der Waals surface area contributed by atoms with Crippen molar-refractivity contribution in [3.05, 3.63) is 71.3 Å². The lowest BCUT2D eigenvalue weighted by atomic mass is 10.0. The summed E-state index contributed by atoms with van der Waals surface area (Å²) >= 11 is 0. The van der Waals surface area contributed by atoms with Crippen molar-refractivity contribution in [2.24, 2.45) is 0 Å². The second kappa shape index (κ2) is 11.0. The summed E-state index contributed by atoms with van der Waals surface area (Å²) in [5.41, 5.74) is 2.84. The van der Waals surface area contributed by atoms with Gasteiger partial charge in [-0.1, -0.05) is 60.2 Å². The molecule has 0 aromatic heterocycles. The lowest BCUT2D eigenvalue weighted by Crippen LogP contribution is -2.44. The van der Waals surface area contributed by atoms with E-state index in [1.165, 1.54) is 6.92 Å². The van der Waals surface area contributed by atoms with Crippen molar-refractivity contribution in [3.8, 4) is 0 Å². The molecule has 0 heterocycles. The third kappa shape index (κ3) is 7.41. The van der Waals surface area contributed by atoms with Crippen LogP contribution in [0, 0.1) is 6.92 Å². The molecule has 2 amide bonds. The number of carbonyl (C=O) groups excluding carboxylic acids is 3. The van der Waals surface area contributed by atoms with Gasteiger partial charge in [0.05, 0.1) is 19.1 Å². The highest BCUT2D eigenvalue weighted by Crippen LogP contribution is 2.18. The fraction of sp³-hybridized carbons (Fsp3) is 0.348. The third-order valence-corrected chi connectivity index (χ3v) is 4.44. The minimum absolute atomic E-state index is 0.0212. The largest absolute Gasteiger partial charge is 0.464 e. The molecule has 0 aliphatic rings. The Kier molecular flexibility index (Phi) is 8.40. The number of ether oxygens (including phenoxy) is 1. The Morgan fingerprint density at radius 2 is 1.62 bits per heavy atom. The highest BCUT2D eigenvalue weighted by molar-refractivity contribution is 5.85. The number of esters is 1. The van der Waals surface area contributed by atoms with Crippen molar-refractivity contribution in [1.29, 1.82) is 0 Å². The van der Waals surface area contributed by atoms with Crippen LogP contribution in [0.15, 0.2) is 54.6 Å². The molecule has 0 radical (unpaired) electrons. The lowest BCUT2D eigenvalue weighted by molar-refractivity contribution is -0.147. The summed E-state index contributed by atoms with van der Waals surface area (Å²) in [6.45, 7) is 5.34. The Bertz CT molecular complexity index is 819. The molecule has 2 aromatic carbocycles. The summed E-state index contributed by atoms with van der Waals surface area (Å²) in [6, 6.07) is 15.8. The molecule has 2 rings (SSSR count). The van der Waals surface area contributed by atoms with Gasteiger partial charge in [0.25, 0.3) is 0 Å². The van der Waals surface area contributed by atoms with Gasteiger partial charge in [0.2, 0.25) is 11.8 Å². The van der Waals surface area contributed by atoms with E-state index in [-0.39, 0.29) is 24.8 Å². The molecule has 0 aliphatic carbocycles. The number of hydrogen-bond donors (Lipinski definition) is 2. The first-order chi connectivity index (χ1) is 13.9. The Labute approximate surface area is 171 Å². The molecule has 0 aliphatic heterocycles. The predicted octanol–water partition coefficient (Wildman–Crippen LogP) is 2.85. The first kappa shape index (κ1) is 22.1. The molecule has 0 saturated heterocycles. The molecular formula is C23H28N2O4. The lowest BCUT2D eigenvalue weighted by Gasteiger charge is -2.21. The van der Waals surface area contributed by atoms with Crippen LogP contribution in [0.4, 0.5) is 0 Å². The van der Waals surface area contributed by atoms with Crippen molar-refractivity contribution in [1.82, 2.24) is 10.6 Å². The van der Waals surface area contributed by atoms with Crippen LogP contribution in [0.3, 0.4) is 0 Å². The topological polar surface area (TPSA) is 84.5 Å². The molecule has 0 spiro atoms. The van der Waals surface area contributed by atoms with E-state index < -0.39 is 18.1 Å². The van der Waals surface area contributed by atoms with E-state index in [9.17, 15) is 14.4 Å². The highest BCUT2D eigenvalue weighted by atomic mass is 16.5. The molecule has 0 bridgehead atoms. The number of carbonyl (C=O) groups is 3. The monoisotopic (exact) mass is 396 g/mol. The normalized spacial score (nSPS) is 12.5. The van der Waals surface area contributed by atoms with Crippen LogP contribution in [0.1, 0.15) is 43.0 Å². The molecule has 0 saturated carbocycles. The van der Waals surface area contributed by atoms with Gasteiger partial charge in [0, 0.05) is 13.3 Å². The zero-order valence-electron chi connectivity index (χ0n) is 17.1. The van der Waals surface area contributed by atoms with Crippen LogP contribution in [0.25, 0.3) is 0 Å². The Balaban J connectivity index is 2.11. The zero-order valence-corrected chi connectivity index (χ0v) is 17.1. The first-order valence-electron chi connectivity index (χ1n) is 9.72. The number of benzene rings is 2. The van der Waals surface area contributed by atoms with Gasteiger partial charge in [0.15, 0.2) is 0 Å². The van der Waals surface area contributed by atoms with E-state index in [4.69, 9.17) is 4.74 Å². The summed E-state index contributed by atoms with van der Waals surface area (Å²) in [6.07, 6.45) is 0.355. The van der Waals surface area contributed by atoms with E-state index in [2.05, 4.69) is 10.6 Å². The maximum Gasteiger partial charge on any atom is 0.328 e. The fourth-order valence-electron chi connectivity index (χ4n) is 3.02. The molecule has 2 aromatic rings. The highest BCUT2D eigenvalue weighted by Gasteiger charge is 2.25. The Morgan fingerprint density at radius 3 is 2.21 bits per heavy atom. The fourth-order valence-corrected chi connectivity index (χ4v) is 3.02. The average molecular weight is 396 g/mol. The quantitative estimate of drug-likeness (QED) is 0.639. The maximum atomic E-state index is 12.7. The minimum Gasteiger partial charge on any atom is -0.464 e. The number of aryl methyl sites for hydroxylation is 1. The molecule has 0 fully saturated rings. The average Bonchev–Trinajstić information content (AvgIpc) is 2.68. The van der Waals surface area contributed by atoms with E-state index in [1.54, 1.807) is 6.92 Å². The number of hydrogen-bond acceptors (Lipinski definition) is 4.